The third-order valence-corrected chi connectivity index (χ3v) is 3.80. The molecule has 6 heteroatoms. The van der Waals surface area contributed by atoms with Gasteiger partial charge in [-0.1, -0.05) is 37.7 Å². The molecule has 0 saturated carbocycles. The van der Waals surface area contributed by atoms with Crippen molar-refractivity contribution in [2.45, 2.75) is 30.7 Å². The van der Waals surface area contributed by atoms with E-state index < -0.39 is 0 Å². The highest BCUT2D eigenvalue weighted by atomic mass is 32.2. The Labute approximate surface area is 127 Å². The van der Waals surface area contributed by atoms with E-state index in [0.29, 0.717) is 22.2 Å². The van der Waals surface area contributed by atoms with E-state index in [0.717, 1.165) is 5.56 Å². The van der Waals surface area contributed by atoms with Gasteiger partial charge in [0.25, 0.3) is 0 Å². The van der Waals surface area contributed by atoms with E-state index in [-0.39, 0.29) is 17.6 Å². The molecule has 0 radical (unpaired) electrons. The predicted molar refractivity (Wildman–Crippen MR) is 81.2 cm³/mol. The molecule has 1 aromatic carbocycles. The summed E-state index contributed by atoms with van der Waals surface area (Å²) in [6.07, 6.45) is 0. The number of aromatic nitrogens is 2. The first-order valence-corrected chi connectivity index (χ1v) is 7.44. The van der Waals surface area contributed by atoms with Gasteiger partial charge in [-0.05, 0) is 23.6 Å². The number of nitrogens with zero attached hydrogens (tertiary/aromatic N) is 3. The van der Waals surface area contributed by atoms with Crippen LogP contribution in [0.15, 0.2) is 29.4 Å². The maximum absolute atomic E-state index is 12.8. The molecule has 0 saturated heterocycles. The van der Waals surface area contributed by atoms with Crippen LogP contribution in [0.5, 0.6) is 0 Å². The minimum Gasteiger partial charge on any atom is -0.382 e. The van der Waals surface area contributed by atoms with Crippen LogP contribution in [-0.2, 0) is 5.75 Å². The van der Waals surface area contributed by atoms with E-state index in [9.17, 15) is 4.39 Å². The van der Waals surface area contributed by atoms with Crippen LogP contribution < -0.4 is 5.73 Å². The lowest BCUT2D eigenvalue weighted by molar-refractivity contribution is 0.627. The van der Waals surface area contributed by atoms with E-state index in [4.69, 9.17) is 11.0 Å². The number of rotatable bonds is 4. The van der Waals surface area contributed by atoms with Gasteiger partial charge in [-0.15, -0.1) is 0 Å². The maximum atomic E-state index is 12.8. The second-order valence-corrected chi connectivity index (χ2v) is 5.78. The molecule has 2 rings (SSSR count). The summed E-state index contributed by atoms with van der Waals surface area (Å²) in [4.78, 5) is 8.56. The minimum atomic E-state index is -0.260. The molecule has 2 N–H and O–H groups in total. The first-order valence-electron chi connectivity index (χ1n) is 6.46. The largest absolute Gasteiger partial charge is 0.382 e. The fraction of sp³-hybridized carbons (Fsp3) is 0.267. The van der Waals surface area contributed by atoms with Gasteiger partial charge in [0.1, 0.15) is 23.3 Å². The Morgan fingerprint density at radius 2 is 1.95 bits per heavy atom. The van der Waals surface area contributed by atoms with Crippen LogP contribution in [0.25, 0.3) is 0 Å². The summed E-state index contributed by atoms with van der Waals surface area (Å²) < 4.78 is 12.8. The van der Waals surface area contributed by atoms with Gasteiger partial charge in [0.15, 0.2) is 5.16 Å². The normalized spacial score (nSPS) is 10.6. The van der Waals surface area contributed by atoms with Crippen LogP contribution in [0.1, 0.15) is 36.6 Å². The Morgan fingerprint density at radius 3 is 2.52 bits per heavy atom. The molecule has 1 heterocycles. The molecular weight excluding hydrogens is 287 g/mol. The number of halogens is 1. The van der Waals surface area contributed by atoms with E-state index in [2.05, 4.69) is 16.0 Å². The van der Waals surface area contributed by atoms with Crippen molar-refractivity contribution < 1.29 is 4.39 Å². The van der Waals surface area contributed by atoms with Crippen LogP contribution in [0.3, 0.4) is 0 Å². The Hall–Kier alpha value is -2.13. The summed E-state index contributed by atoms with van der Waals surface area (Å²) >= 11 is 1.41. The molecule has 0 atom stereocenters. The monoisotopic (exact) mass is 302 g/mol. The van der Waals surface area contributed by atoms with Crippen molar-refractivity contribution in [1.29, 1.82) is 5.26 Å². The molecule has 2 aromatic rings. The number of nitriles is 1. The molecule has 0 fully saturated rings. The van der Waals surface area contributed by atoms with Crippen molar-refractivity contribution in [1.82, 2.24) is 9.97 Å². The maximum Gasteiger partial charge on any atom is 0.190 e. The smallest absolute Gasteiger partial charge is 0.190 e. The first kappa shape index (κ1) is 15.3. The number of hydrogen-bond donors (Lipinski definition) is 1. The minimum absolute atomic E-state index is 0.0927. The standard InChI is InChI=1S/C15H15FN4S/c1-9(2)13-12(7-17)14(18)20-15(19-13)21-8-10-3-5-11(16)6-4-10/h3-6,9H,8H2,1-2H3,(H2,18,19,20). The lowest BCUT2D eigenvalue weighted by atomic mass is 10.1. The van der Waals surface area contributed by atoms with Crippen molar-refractivity contribution >= 4 is 17.6 Å². The summed E-state index contributed by atoms with van der Waals surface area (Å²) in [6, 6.07) is 8.33. The highest BCUT2D eigenvalue weighted by molar-refractivity contribution is 7.98. The topological polar surface area (TPSA) is 75.6 Å². The Kier molecular flexibility index (Phi) is 4.76. The van der Waals surface area contributed by atoms with Crippen molar-refractivity contribution in [2.75, 3.05) is 5.73 Å². The zero-order valence-corrected chi connectivity index (χ0v) is 12.6. The van der Waals surface area contributed by atoms with Gasteiger partial charge in [0, 0.05) is 5.75 Å². The Morgan fingerprint density at radius 1 is 1.29 bits per heavy atom. The zero-order chi connectivity index (χ0) is 15.4. The average molecular weight is 302 g/mol. The fourth-order valence-electron chi connectivity index (χ4n) is 1.80. The van der Waals surface area contributed by atoms with E-state index >= 15 is 0 Å². The number of benzene rings is 1. The first-order chi connectivity index (χ1) is 10.0. The van der Waals surface area contributed by atoms with Crippen molar-refractivity contribution in [2.24, 2.45) is 0 Å². The third-order valence-electron chi connectivity index (χ3n) is 2.88. The molecule has 21 heavy (non-hydrogen) atoms. The molecule has 1 aromatic heterocycles. The van der Waals surface area contributed by atoms with Gasteiger partial charge in [-0.2, -0.15) is 5.26 Å². The summed E-state index contributed by atoms with van der Waals surface area (Å²) in [5, 5.41) is 9.65. The number of thioether (sulfide) groups is 1. The van der Waals surface area contributed by atoms with Crippen LogP contribution in [0, 0.1) is 17.1 Å². The molecule has 0 aliphatic rings. The van der Waals surface area contributed by atoms with Gasteiger partial charge in [-0.25, -0.2) is 14.4 Å². The molecule has 0 spiro atoms. The van der Waals surface area contributed by atoms with Crippen LogP contribution in [-0.4, -0.2) is 9.97 Å². The Bertz CT molecular complexity index is 677. The van der Waals surface area contributed by atoms with E-state index in [1.807, 2.05) is 13.8 Å². The van der Waals surface area contributed by atoms with Crippen LogP contribution in [0.2, 0.25) is 0 Å². The molecule has 4 nitrogen and oxygen atoms in total. The van der Waals surface area contributed by atoms with Crippen molar-refractivity contribution in [3.05, 3.63) is 46.9 Å². The number of hydrogen-bond acceptors (Lipinski definition) is 5. The van der Waals surface area contributed by atoms with Crippen molar-refractivity contribution in [3.63, 3.8) is 0 Å². The molecule has 0 unspecified atom stereocenters. The van der Waals surface area contributed by atoms with Gasteiger partial charge < -0.3 is 5.73 Å². The lowest BCUT2D eigenvalue weighted by Crippen LogP contribution is -2.06. The summed E-state index contributed by atoms with van der Waals surface area (Å²) in [5.74, 6) is 0.654. The predicted octanol–water partition coefficient (Wildman–Crippen LogP) is 3.49. The SMILES string of the molecule is CC(C)c1nc(SCc2ccc(F)cc2)nc(N)c1C#N. The van der Waals surface area contributed by atoms with Crippen LogP contribution >= 0.6 is 11.8 Å². The molecule has 0 aliphatic carbocycles. The van der Waals surface area contributed by atoms with Gasteiger partial charge in [0.2, 0.25) is 0 Å². The van der Waals surface area contributed by atoms with Crippen molar-refractivity contribution in [3.8, 4) is 6.07 Å². The van der Waals surface area contributed by atoms with Crippen LogP contribution in [0.4, 0.5) is 10.2 Å². The lowest BCUT2D eigenvalue weighted by Gasteiger charge is -2.10. The summed E-state index contributed by atoms with van der Waals surface area (Å²) in [7, 11) is 0. The number of nitrogen functional groups attached to an aromatic ring is 1. The quantitative estimate of drug-likeness (QED) is 0.691. The Balaban J connectivity index is 2.21. The van der Waals surface area contributed by atoms with Gasteiger partial charge in [-0.3, -0.25) is 0 Å². The summed E-state index contributed by atoms with van der Waals surface area (Å²) in [5.41, 5.74) is 7.80. The molecule has 108 valence electrons. The summed E-state index contributed by atoms with van der Waals surface area (Å²) in [6.45, 7) is 3.91. The molecule has 0 amide bonds. The number of anilines is 1. The zero-order valence-electron chi connectivity index (χ0n) is 11.8. The second-order valence-electron chi connectivity index (χ2n) is 4.83. The highest BCUT2D eigenvalue weighted by Gasteiger charge is 2.15. The highest BCUT2D eigenvalue weighted by Crippen LogP contribution is 2.26. The van der Waals surface area contributed by atoms with E-state index in [1.54, 1.807) is 12.1 Å². The molecule has 0 aliphatic heterocycles. The van der Waals surface area contributed by atoms with Gasteiger partial charge in [0.05, 0.1) is 5.69 Å². The average Bonchev–Trinajstić information content (AvgIpc) is 2.46. The fourth-order valence-corrected chi connectivity index (χ4v) is 2.61. The second kappa shape index (κ2) is 6.55. The van der Waals surface area contributed by atoms with Gasteiger partial charge >= 0.3 is 0 Å². The number of nitrogens with two attached hydrogens (primary N) is 1. The van der Waals surface area contributed by atoms with E-state index in [1.165, 1.54) is 23.9 Å². The molecule has 0 bridgehead atoms. The molecular formula is C15H15FN4S. The third kappa shape index (κ3) is 3.70.